The summed E-state index contributed by atoms with van der Waals surface area (Å²) in [5.41, 5.74) is 13.8. The van der Waals surface area contributed by atoms with Crippen LogP contribution in [0.2, 0.25) is 0 Å². The van der Waals surface area contributed by atoms with E-state index in [1.165, 1.54) is 23.3 Å². The topological polar surface area (TPSA) is 19.6 Å². The number of anilines is 6. The summed E-state index contributed by atoms with van der Waals surface area (Å²) < 4.78 is 54.1. The Morgan fingerprint density at radius 2 is 1.08 bits per heavy atom. The van der Waals surface area contributed by atoms with Gasteiger partial charge in [-0.2, -0.15) is 13.2 Å². The summed E-state index contributed by atoms with van der Waals surface area (Å²) in [5.74, 6) is 0.540. The average Bonchev–Trinajstić information content (AvgIpc) is 3.62. The van der Waals surface area contributed by atoms with Crippen molar-refractivity contribution in [2.45, 2.75) is 136 Å². The van der Waals surface area contributed by atoms with E-state index in [4.69, 9.17) is 4.42 Å². The zero-order valence-corrected chi connectivity index (χ0v) is 40.9. The van der Waals surface area contributed by atoms with Crippen LogP contribution in [-0.4, -0.2) is 6.71 Å². The molecule has 3 heterocycles. The van der Waals surface area contributed by atoms with Gasteiger partial charge in [-0.05, 0) is 133 Å². The molecule has 7 heteroatoms. The molecule has 0 saturated carbocycles. The molecule has 0 amide bonds. The van der Waals surface area contributed by atoms with Crippen molar-refractivity contribution in [2.75, 3.05) is 9.80 Å². The van der Waals surface area contributed by atoms with Crippen molar-refractivity contribution >= 4 is 68.4 Å². The van der Waals surface area contributed by atoms with Crippen LogP contribution in [0.1, 0.15) is 136 Å². The van der Waals surface area contributed by atoms with Gasteiger partial charge in [-0.15, -0.1) is 0 Å². The highest BCUT2D eigenvalue weighted by Gasteiger charge is 2.49. The number of hydrogen-bond donors (Lipinski definition) is 0. The molecule has 0 fully saturated rings. The molecule has 66 heavy (non-hydrogen) atoms. The van der Waals surface area contributed by atoms with Gasteiger partial charge in [0.1, 0.15) is 5.58 Å². The van der Waals surface area contributed by atoms with Crippen LogP contribution in [0.5, 0.6) is 0 Å². The lowest BCUT2D eigenvalue weighted by Crippen LogP contribution is -2.61. The molecule has 0 unspecified atom stereocenters. The van der Waals surface area contributed by atoms with E-state index in [0.29, 0.717) is 22.8 Å². The van der Waals surface area contributed by atoms with Gasteiger partial charge in [0.05, 0.1) is 11.3 Å². The van der Waals surface area contributed by atoms with Gasteiger partial charge < -0.3 is 9.32 Å². The molecule has 3 nitrogen and oxygen atoms in total. The van der Waals surface area contributed by atoms with Crippen molar-refractivity contribution in [3.63, 3.8) is 0 Å². The number of nitrogens with zero attached hydrogens (tertiary/aromatic N) is 2. The van der Waals surface area contributed by atoms with Crippen molar-refractivity contribution in [1.29, 1.82) is 0 Å². The van der Waals surface area contributed by atoms with E-state index in [0.717, 1.165) is 79.5 Å². The van der Waals surface area contributed by atoms with E-state index >= 15 is 13.2 Å². The van der Waals surface area contributed by atoms with Crippen LogP contribution in [0.25, 0.3) is 22.1 Å². The summed E-state index contributed by atoms with van der Waals surface area (Å²) in [4.78, 5) is 4.09. The monoisotopic (exact) mass is 882 g/mol. The molecular weight excluding hydrogens is 820 g/mol. The van der Waals surface area contributed by atoms with Gasteiger partial charge >= 0.3 is 6.18 Å². The number of para-hydroxylation sites is 1. The lowest BCUT2D eigenvalue weighted by Gasteiger charge is -2.44. The average molecular weight is 883 g/mol. The van der Waals surface area contributed by atoms with Crippen molar-refractivity contribution in [2.24, 2.45) is 0 Å². The molecule has 7 aromatic rings. The Kier molecular flexibility index (Phi) is 9.64. The third-order valence-electron chi connectivity index (χ3n) is 15.0. The maximum atomic E-state index is 15.7. The smallest absolute Gasteiger partial charge is 0.416 e. The van der Waals surface area contributed by atoms with Crippen LogP contribution in [0, 0.1) is 0 Å². The van der Waals surface area contributed by atoms with Gasteiger partial charge in [-0.25, -0.2) is 0 Å². The second-order valence-electron chi connectivity index (χ2n) is 23.7. The van der Waals surface area contributed by atoms with E-state index < -0.39 is 18.5 Å². The van der Waals surface area contributed by atoms with Crippen molar-refractivity contribution < 1.29 is 17.6 Å². The highest BCUT2D eigenvalue weighted by Crippen LogP contribution is 2.52. The lowest BCUT2D eigenvalue weighted by atomic mass is 9.33. The summed E-state index contributed by atoms with van der Waals surface area (Å²) >= 11 is 0. The highest BCUT2D eigenvalue weighted by atomic mass is 19.4. The van der Waals surface area contributed by atoms with Gasteiger partial charge in [0, 0.05) is 39.2 Å². The maximum Gasteiger partial charge on any atom is 0.416 e. The Bertz CT molecular complexity index is 3100. The Balaban J connectivity index is 1.34. The number of halogens is 3. The van der Waals surface area contributed by atoms with E-state index in [9.17, 15) is 0 Å². The van der Waals surface area contributed by atoms with Gasteiger partial charge in [0.15, 0.2) is 0 Å². The summed E-state index contributed by atoms with van der Waals surface area (Å²) in [5, 5.41) is 0.945. The zero-order chi connectivity index (χ0) is 47.3. The van der Waals surface area contributed by atoms with Crippen LogP contribution in [0.3, 0.4) is 0 Å². The number of rotatable bonds is 3. The first kappa shape index (κ1) is 44.2. The second kappa shape index (κ2) is 14.4. The summed E-state index contributed by atoms with van der Waals surface area (Å²) in [6, 6.07) is 39.2. The van der Waals surface area contributed by atoms with Crippen LogP contribution < -0.4 is 26.2 Å². The largest absolute Gasteiger partial charge is 0.440 e. The highest BCUT2D eigenvalue weighted by molar-refractivity contribution is 7.01. The van der Waals surface area contributed by atoms with Crippen LogP contribution in [0.15, 0.2) is 120 Å². The van der Waals surface area contributed by atoms with E-state index in [1.807, 2.05) is 35.2 Å². The Labute approximate surface area is 390 Å². The summed E-state index contributed by atoms with van der Waals surface area (Å²) in [7, 11) is 0. The first-order valence-electron chi connectivity index (χ1n) is 23.7. The number of hydrogen-bond acceptors (Lipinski definition) is 3. The predicted molar refractivity (Wildman–Crippen MR) is 272 cm³/mol. The minimum absolute atomic E-state index is 0.0250. The van der Waals surface area contributed by atoms with E-state index in [1.54, 1.807) is 0 Å². The first-order valence-corrected chi connectivity index (χ1v) is 23.7. The normalized spacial score (nSPS) is 16.5. The molecule has 10 rings (SSSR count). The fraction of sp³-hybridized carbons (Fsp3) is 0.356. The number of furan rings is 1. The minimum atomic E-state index is -4.64. The third kappa shape index (κ3) is 7.01. The zero-order valence-electron chi connectivity index (χ0n) is 40.9. The lowest BCUT2D eigenvalue weighted by molar-refractivity contribution is -0.137. The van der Waals surface area contributed by atoms with Crippen molar-refractivity contribution in [1.82, 2.24) is 0 Å². The number of fused-ring (bicyclic) bond motifs is 7. The Hall–Kier alpha value is -5.69. The molecule has 6 aromatic carbocycles. The van der Waals surface area contributed by atoms with Gasteiger partial charge in [-0.3, -0.25) is 4.90 Å². The van der Waals surface area contributed by atoms with Crippen LogP contribution in [-0.2, 0) is 33.3 Å². The summed E-state index contributed by atoms with van der Waals surface area (Å²) in [6.07, 6.45) is -2.47. The molecule has 3 aliphatic rings. The fourth-order valence-electron chi connectivity index (χ4n) is 10.9. The quantitative estimate of drug-likeness (QED) is 0.165. The SMILES string of the molecule is CC(C)(C)c1ccc(N2c3cc(C(F)(F)F)cc4c3B(c3cc(C(C)(C)C)ccc3N4c3ccc(C(C)(C)C)cc3-c3ccc4c(c3)C(C)(C)CCC4(C)C)c3c2oc2ccccc32)cc1. The van der Waals surface area contributed by atoms with Crippen molar-refractivity contribution in [3.05, 3.63) is 149 Å². The molecule has 0 saturated heterocycles. The molecule has 1 aliphatic carbocycles. The molecule has 1 aromatic heterocycles. The molecule has 0 atom stereocenters. The maximum absolute atomic E-state index is 15.7. The van der Waals surface area contributed by atoms with Crippen molar-refractivity contribution in [3.8, 4) is 11.1 Å². The fourth-order valence-corrected chi connectivity index (χ4v) is 10.9. The Morgan fingerprint density at radius 3 is 1.70 bits per heavy atom. The third-order valence-corrected chi connectivity index (χ3v) is 15.0. The van der Waals surface area contributed by atoms with Gasteiger partial charge in [-0.1, -0.05) is 157 Å². The van der Waals surface area contributed by atoms with Gasteiger partial charge in [0.25, 0.3) is 6.71 Å². The molecular formula is C59H62BF3N2O. The van der Waals surface area contributed by atoms with Crippen LogP contribution >= 0.6 is 0 Å². The van der Waals surface area contributed by atoms with E-state index in [-0.39, 0.29) is 27.1 Å². The second-order valence-corrected chi connectivity index (χ2v) is 23.7. The first-order chi connectivity index (χ1) is 30.7. The molecule has 0 bridgehead atoms. The minimum Gasteiger partial charge on any atom is -0.440 e. The molecule has 0 radical (unpaired) electrons. The summed E-state index contributed by atoms with van der Waals surface area (Å²) in [6.45, 7) is 28.7. The standard InChI is InChI=1S/C59H62BF3N2O/c1-54(2,3)36-19-23-40(24-20-36)64-48-33-39(59(61,62)63)34-49-52(48)60(51-41-16-14-15-17-50(41)66-53(51)64)45-32-38(56(7,8)9)22-27-47(45)65(49)46-26-21-37(55(4,5)6)31-42(46)35-18-25-43-44(30-35)58(12,13)29-28-57(43,10)11/h14-27,30-34H,28-29H2,1-13H3. The molecule has 0 N–H and O–H groups in total. The van der Waals surface area contributed by atoms with Gasteiger partial charge in [0.2, 0.25) is 5.88 Å². The number of alkyl halides is 3. The predicted octanol–water partition coefficient (Wildman–Crippen LogP) is 15.4. The van der Waals surface area contributed by atoms with E-state index in [2.05, 4.69) is 168 Å². The molecule has 2 aliphatic heterocycles. The Morgan fingerprint density at radius 1 is 0.515 bits per heavy atom. The van der Waals surface area contributed by atoms with Crippen LogP contribution in [0.4, 0.5) is 47.5 Å². The molecule has 338 valence electrons. The number of benzene rings is 6. The molecule has 0 spiro atoms.